The van der Waals surface area contributed by atoms with E-state index in [4.69, 9.17) is 16.3 Å². The molecule has 1 unspecified atom stereocenters. The lowest BCUT2D eigenvalue weighted by Gasteiger charge is -2.42. The van der Waals surface area contributed by atoms with Crippen molar-refractivity contribution in [2.24, 2.45) is 0 Å². The van der Waals surface area contributed by atoms with Gasteiger partial charge in [-0.3, -0.25) is 9.69 Å². The lowest BCUT2D eigenvalue weighted by atomic mass is 9.93. The van der Waals surface area contributed by atoms with Crippen molar-refractivity contribution in [3.05, 3.63) is 65.2 Å². The molecule has 27 heavy (non-hydrogen) atoms. The highest BCUT2D eigenvalue weighted by Crippen LogP contribution is 2.32. The molecule has 2 aliphatic heterocycles. The van der Waals surface area contributed by atoms with Gasteiger partial charge in [0.15, 0.2) is 5.60 Å². The Morgan fingerprint density at radius 3 is 2.56 bits per heavy atom. The third-order valence-electron chi connectivity index (χ3n) is 5.50. The molecule has 1 amide bonds. The first-order valence-corrected chi connectivity index (χ1v) is 10.0. The summed E-state index contributed by atoms with van der Waals surface area (Å²) in [6, 6.07) is 17.9. The summed E-state index contributed by atoms with van der Waals surface area (Å²) in [5, 5.41) is 0.745. The minimum atomic E-state index is -0.739. The topological polar surface area (TPSA) is 32.8 Å². The van der Waals surface area contributed by atoms with E-state index in [1.54, 1.807) is 0 Å². The predicted molar refractivity (Wildman–Crippen MR) is 108 cm³/mol. The number of para-hydroxylation sites is 1. The van der Waals surface area contributed by atoms with Crippen LogP contribution >= 0.6 is 11.6 Å². The molecule has 2 fully saturated rings. The summed E-state index contributed by atoms with van der Waals surface area (Å²) in [7, 11) is 0. The molecule has 4 nitrogen and oxygen atoms in total. The zero-order valence-corrected chi connectivity index (χ0v) is 16.2. The molecule has 0 aliphatic carbocycles. The van der Waals surface area contributed by atoms with Gasteiger partial charge in [-0.1, -0.05) is 41.9 Å². The first-order valence-electron chi connectivity index (χ1n) is 9.64. The Morgan fingerprint density at radius 2 is 1.78 bits per heavy atom. The summed E-state index contributed by atoms with van der Waals surface area (Å²) in [5.41, 5.74) is 1.43. The molecule has 0 N–H and O–H groups in total. The fourth-order valence-corrected chi connectivity index (χ4v) is 4.23. The number of halogens is 1. The van der Waals surface area contributed by atoms with Crippen molar-refractivity contribution in [1.82, 2.24) is 4.90 Å². The lowest BCUT2D eigenvalue weighted by molar-refractivity contribution is -0.158. The van der Waals surface area contributed by atoms with Crippen molar-refractivity contribution in [3.8, 4) is 0 Å². The number of carbonyl (C=O) groups is 1. The molecule has 2 heterocycles. The minimum Gasteiger partial charge on any atom is -0.362 e. The minimum absolute atomic E-state index is 0.104. The van der Waals surface area contributed by atoms with Crippen molar-refractivity contribution >= 4 is 23.2 Å². The number of anilines is 1. The van der Waals surface area contributed by atoms with Crippen LogP contribution in [0.25, 0.3) is 0 Å². The number of rotatable bonds is 3. The zero-order valence-electron chi connectivity index (χ0n) is 15.4. The van der Waals surface area contributed by atoms with Crippen LogP contribution in [0.2, 0.25) is 5.02 Å². The highest BCUT2D eigenvalue weighted by Gasteiger charge is 2.47. The van der Waals surface area contributed by atoms with E-state index in [0.29, 0.717) is 13.2 Å². The van der Waals surface area contributed by atoms with Crippen LogP contribution in [0, 0.1) is 0 Å². The zero-order chi connectivity index (χ0) is 18.7. The summed E-state index contributed by atoms with van der Waals surface area (Å²) >= 11 is 6.00. The monoisotopic (exact) mass is 384 g/mol. The fourth-order valence-electron chi connectivity index (χ4n) is 4.11. The van der Waals surface area contributed by atoms with Gasteiger partial charge in [0.05, 0.1) is 6.61 Å². The molecule has 1 atom stereocenters. The Bertz CT molecular complexity index is 781. The molecule has 0 aromatic heterocycles. The quantitative estimate of drug-likeness (QED) is 0.797. The Labute approximate surface area is 165 Å². The fraction of sp³-hybridized carbons (Fsp3) is 0.409. The van der Waals surface area contributed by atoms with Gasteiger partial charge in [-0.2, -0.15) is 0 Å². The number of hydrogen-bond acceptors (Lipinski definition) is 3. The van der Waals surface area contributed by atoms with Crippen LogP contribution < -0.4 is 4.90 Å². The van der Waals surface area contributed by atoms with Crippen LogP contribution in [0.1, 0.15) is 24.8 Å². The van der Waals surface area contributed by atoms with E-state index in [0.717, 1.165) is 49.6 Å². The second-order valence-corrected chi connectivity index (χ2v) is 7.87. The van der Waals surface area contributed by atoms with Crippen LogP contribution in [0.3, 0.4) is 0 Å². The molecule has 2 aromatic carbocycles. The number of hydrogen-bond donors (Lipinski definition) is 0. The van der Waals surface area contributed by atoms with Crippen molar-refractivity contribution in [2.45, 2.75) is 31.4 Å². The predicted octanol–water partition coefficient (Wildman–Crippen LogP) is 4.13. The number of ether oxygens (including phenoxy) is 1. The lowest BCUT2D eigenvalue weighted by Crippen LogP contribution is -2.59. The number of amides is 1. The second-order valence-electron chi connectivity index (χ2n) is 7.43. The van der Waals surface area contributed by atoms with E-state index >= 15 is 0 Å². The second kappa shape index (κ2) is 8.01. The Balaban J connectivity index is 1.54. The Morgan fingerprint density at radius 1 is 1.00 bits per heavy atom. The maximum absolute atomic E-state index is 13.5. The Hall–Kier alpha value is -1.88. The summed E-state index contributed by atoms with van der Waals surface area (Å²) in [6.07, 6.45) is 2.79. The van der Waals surface area contributed by atoms with Gasteiger partial charge in [0.1, 0.15) is 0 Å². The van der Waals surface area contributed by atoms with E-state index in [1.807, 2.05) is 47.4 Å². The van der Waals surface area contributed by atoms with Gasteiger partial charge in [0.25, 0.3) is 5.91 Å². The molecular formula is C22H25ClN2O2. The van der Waals surface area contributed by atoms with Crippen LogP contribution in [0.5, 0.6) is 0 Å². The van der Waals surface area contributed by atoms with Crippen molar-refractivity contribution in [1.29, 1.82) is 0 Å². The van der Waals surface area contributed by atoms with E-state index in [9.17, 15) is 4.79 Å². The first-order chi connectivity index (χ1) is 13.2. The number of morpholine rings is 1. The molecular weight excluding hydrogens is 360 g/mol. The van der Waals surface area contributed by atoms with Crippen LogP contribution in [-0.4, -0.2) is 42.6 Å². The van der Waals surface area contributed by atoms with Gasteiger partial charge in [-0.15, -0.1) is 0 Å². The maximum atomic E-state index is 13.5. The van der Waals surface area contributed by atoms with Gasteiger partial charge in [0.2, 0.25) is 0 Å². The molecule has 2 saturated heterocycles. The van der Waals surface area contributed by atoms with Crippen molar-refractivity contribution in [3.63, 3.8) is 0 Å². The summed E-state index contributed by atoms with van der Waals surface area (Å²) < 4.78 is 6.18. The molecule has 0 radical (unpaired) electrons. The van der Waals surface area contributed by atoms with Crippen molar-refractivity contribution in [2.75, 3.05) is 31.1 Å². The average molecular weight is 385 g/mol. The summed E-state index contributed by atoms with van der Waals surface area (Å²) in [4.78, 5) is 17.8. The molecule has 2 aromatic rings. The molecule has 2 aliphatic rings. The molecule has 0 bridgehead atoms. The van der Waals surface area contributed by atoms with E-state index in [2.05, 4.69) is 17.0 Å². The van der Waals surface area contributed by atoms with Gasteiger partial charge in [-0.25, -0.2) is 0 Å². The number of benzene rings is 2. The largest absolute Gasteiger partial charge is 0.362 e. The standard InChI is InChI=1S/C22H25ClN2O2/c23-19-10-8-18(9-11-19)16-24-14-15-27-22(17-24)12-4-5-13-25(21(22)26)20-6-2-1-3-7-20/h1-3,6-11H,4-5,12-17H2. The number of nitrogens with zero attached hydrogens (tertiary/aromatic N) is 2. The van der Waals surface area contributed by atoms with Gasteiger partial charge in [-0.05, 0) is 49.1 Å². The van der Waals surface area contributed by atoms with E-state index < -0.39 is 5.60 Å². The van der Waals surface area contributed by atoms with Gasteiger partial charge in [0, 0.05) is 36.9 Å². The van der Waals surface area contributed by atoms with E-state index in [1.165, 1.54) is 5.56 Å². The smallest absolute Gasteiger partial charge is 0.260 e. The highest BCUT2D eigenvalue weighted by molar-refractivity contribution is 6.30. The van der Waals surface area contributed by atoms with Gasteiger partial charge < -0.3 is 9.64 Å². The van der Waals surface area contributed by atoms with Gasteiger partial charge >= 0.3 is 0 Å². The summed E-state index contributed by atoms with van der Waals surface area (Å²) in [5.74, 6) is 0.104. The average Bonchev–Trinajstić information content (AvgIpc) is 2.84. The summed E-state index contributed by atoms with van der Waals surface area (Å²) in [6.45, 7) is 3.62. The normalized spacial score (nSPS) is 24.2. The maximum Gasteiger partial charge on any atom is 0.260 e. The molecule has 0 saturated carbocycles. The first kappa shape index (κ1) is 18.5. The highest BCUT2D eigenvalue weighted by atomic mass is 35.5. The third-order valence-corrected chi connectivity index (χ3v) is 5.75. The van der Waals surface area contributed by atoms with Crippen LogP contribution in [0.4, 0.5) is 5.69 Å². The molecule has 142 valence electrons. The molecule has 4 rings (SSSR count). The Kier molecular flexibility index (Phi) is 5.48. The van der Waals surface area contributed by atoms with Crippen LogP contribution in [0.15, 0.2) is 54.6 Å². The third kappa shape index (κ3) is 4.03. The van der Waals surface area contributed by atoms with Crippen LogP contribution in [-0.2, 0) is 16.1 Å². The molecule has 5 heteroatoms. The SMILES string of the molecule is O=C1N(c2ccccc2)CCCCC12CN(Cc1ccc(Cl)cc1)CCO2. The van der Waals surface area contributed by atoms with E-state index in [-0.39, 0.29) is 5.91 Å². The van der Waals surface area contributed by atoms with Crippen molar-refractivity contribution < 1.29 is 9.53 Å². The molecule has 1 spiro atoms. The number of carbonyl (C=O) groups excluding carboxylic acids is 1.